The minimum Gasteiger partial charge on any atom is -0.496 e. The van der Waals surface area contributed by atoms with E-state index in [0.717, 1.165) is 18.8 Å². The van der Waals surface area contributed by atoms with Crippen LogP contribution in [0.15, 0.2) is 54.1 Å². The summed E-state index contributed by atoms with van der Waals surface area (Å²) in [6.07, 6.45) is 1.54. The summed E-state index contributed by atoms with van der Waals surface area (Å²) in [5, 5.41) is 2.65. The van der Waals surface area contributed by atoms with Crippen molar-refractivity contribution in [1.29, 1.82) is 0 Å². The first-order valence-corrected chi connectivity index (χ1v) is 9.96. The zero-order valence-electron chi connectivity index (χ0n) is 16.5. The molecule has 0 spiro atoms. The van der Waals surface area contributed by atoms with E-state index in [1.807, 2.05) is 24.3 Å². The van der Waals surface area contributed by atoms with Crippen molar-refractivity contribution in [3.63, 3.8) is 0 Å². The summed E-state index contributed by atoms with van der Waals surface area (Å²) in [7, 11) is 1.56. The molecule has 2 aliphatic rings. The number of carbonyl (C=O) groups excluding carboxylic acids is 2. The van der Waals surface area contributed by atoms with E-state index in [1.165, 1.54) is 11.0 Å². The summed E-state index contributed by atoms with van der Waals surface area (Å²) in [5.74, 6) is -0.433. The van der Waals surface area contributed by atoms with E-state index in [2.05, 4.69) is 10.2 Å². The number of rotatable bonds is 4. The zero-order chi connectivity index (χ0) is 21.1. The van der Waals surface area contributed by atoms with Gasteiger partial charge < -0.3 is 14.4 Å². The van der Waals surface area contributed by atoms with Crippen LogP contribution in [0.25, 0.3) is 6.08 Å². The lowest BCUT2D eigenvalue weighted by molar-refractivity contribution is -0.122. The quantitative estimate of drug-likeness (QED) is 0.463. The number of amides is 2. The van der Waals surface area contributed by atoms with Gasteiger partial charge in [0.25, 0.3) is 11.8 Å². The molecule has 2 amide bonds. The van der Waals surface area contributed by atoms with Crippen LogP contribution >= 0.6 is 12.2 Å². The first-order chi connectivity index (χ1) is 14.6. The van der Waals surface area contributed by atoms with Gasteiger partial charge in [-0.1, -0.05) is 18.2 Å². The molecule has 2 fully saturated rings. The Balaban J connectivity index is 1.68. The number of benzene rings is 2. The third kappa shape index (κ3) is 3.92. The molecule has 0 aliphatic carbocycles. The van der Waals surface area contributed by atoms with Crippen molar-refractivity contribution in [2.45, 2.75) is 0 Å². The standard InChI is InChI=1S/C22H21N3O4S/c1-28-19-14-17(24-9-11-29-12-10-24)8-7-15(19)13-18-20(26)23-22(30)25(21(18)27)16-5-3-2-4-6-16/h2-8,13-14H,9-12H2,1H3,(H,23,26,30)/b18-13+. The van der Waals surface area contributed by atoms with Crippen molar-refractivity contribution in [2.24, 2.45) is 0 Å². The topological polar surface area (TPSA) is 71.1 Å². The monoisotopic (exact) mass is 423 g/mol. The van der Waals surface area contributed by atoms with Crippen LogP contribution in [0.5, 0.6) is 5.75 Å². The summed E-state index contributed by atoms with van der Waals surface area (Å²) in [6, 6.07) is 14.7. The summed E-state index contributed by atoms with van der Waals surface area (Å²) in [6.45, 7) is 2.96. The molecule has 0 saturated carbocycles. The SMILES string of the molecule is COc1cc(N2CCOCC2)ccc1/C=C1\C(=O)NC(=S)N(c2ccccc2)C1=O. The highest BCUT2D eigenvalue weighted by atomic mass is 32.1. The largest absolute Gasteiger partial charge is 0.496 e. The number of ether oxygens (including phenoxy) is 2. The molecule has 0 radical (unpaired) electrons. The van der Waals surface area contributed by atoms with E-state index < -0.39 is 11.8 Å². The molecule has 0 unspecified atom stereocenters. The fourth-order valence-electron chi connectivity index (χ4n) is 3.46. The molecule has 4 rings (SSSR count). The van der Waals surface area contributed by atoms with E-state index in [-0.39, 0.29) is 10.7 Å². The number of para-hydroxylation sites is 1. The van der Waals surface area contributed by atoms with Gasteiger partial charge in [-0.25, -0.2) is 0 Å². The number of anilines is 2. The van der Waals surface area contributed by atoms with E-state index in [9.17, 15) is 9.59 Å². The van der Waals surface area contributed by atoms with Gasteiger partial charge in [0.1, 0.15) is 11.3 Å². The number of thiocarbonyl (C=S) groups is 1. The van der Waals surface area contributed by atoms with Crippen molar-refractivity contribution in [2.75, 3.05) is 43.2 Å². The molecule has 30 heavy (non-hydrogen) atoms. The number of carbonyl (C=O) groups is 2. The predicted octanol–water partition coefficient (Wildman–Crippen LogP) is 2.36. The van der Waals surface area contributed by atoms with Crippen LogP contribution in [-0.4, -0.2) is 50.3 Å². The van der Waals surface area contributed by atoms with E-state index in [4.69, 9.17) is 21.7 Å². The van der Waals surface area contributed by atoms with Crippen LogP contribution in [0.3, 0.4) is 0 Å². The number of nitrogens with zero attached hydrogens (tertiary/aromatic N) is 2. The fourth-order valence-corrected chi connectivity index (χ4v) is 3.74. The molecule has 8 heteroatoms. The highest BCUT2D eigenvalue weighted by Crippen LogP contribution is 2.29. The molecule has 0 atom stereocenters. The fraction of sp³-hybridized carbons (Fsp3) is 0.227. The molecule has 154 valence electrons. The van der Waals surface area contributed by atoms with Gasteiger partial charge in [0, 0.05) is 30.4 Å². The van der Waals surface area contributed by atoms with Crippen LogP contribution in [0, 0.1) is 0 Å². The molecule has 2 saturated heterocycles. The molecule has 2 aromatic carbocycles. The van der Waals surface area contributed by atoms with Gasteiger partial charge in [-0.2, -0.15) is 0 Å². The van der Waals surface area contributed by atoms with Gasteiger partial charge in [-0.3, -0.25) is 19.8 Å². The van der Waals surface area contributed by atoms with Crippen LogP contribution in [0.4, 0.5) is 11.4 Å². The highest BCUT2D eigenvalue weighted by Gasteiger charge is 2.34. The smallest absolute Gasteiger partial charge is 0.270 e. The Morgan fingerprint density at radius 1 is 1.07 bits per heavy atom. The Labute approximate surface area is 179 Å². The number of methoxy groups -OCH3 is 1. The summed E-state index contributed by atoms with van der Waals surface area (Å²) >= 11 is 5.22. The number of nitrogens with one attached hydrogen (secondary N) is 1. The number of morpholine rings is 1. The van der Waals surface area contributed by atoms with E-state index in [0.29, 0.717) is 30.2 Å². The maximum Gasteiger partial charge on any atom is 0.270 e. The summed E-state index contributed by atoms with van der Waals surface area (Å²) in [4.78, 5) is 29.2. The van der Waals surface area contributed by atoms with Crippen LogP contribution in [0.2, 0.25) is 0 Å². The van der Waals surface area contributed by atoms with Crippen LogP contribution in [0.1, 0.15) is 5.56 Å². The zero-order valence-corrected chi connectivity index (χ0v) is 17.3. The minimum atomic E-state index is -0.531. The molecular formula is C22H21N3O4S. The molecule has 0 bridgehead atoms. The van der Waals surface area contributed by atoms with Crippen molar-refractivity contribution < 1.29 is 19.1 Å². The second-order valence-corrected chi connectivity index (χ2v) is 7.21. The minimum absolute atomic E-state index is 0.00937. The Morgan fingerprint density at radius 3 is 2.50 bits per heavy atom. The average Bonchev–Trinajstić information content (AvgIpc) is 2.78. The lowest BCUT2D eigenvalue weighted by Gasteiger charge is -2.30. The Hall–Kier alpha value is -3.23. The van der Waals surface area contributed by atoms with Crippen LogP contribution < -0.4 is 19.9 Å². The van der Waals surface area contributed by atoms with E-state index in [1.54, 1.807) is 31.4 Å². The summed E-state index contributed by atoms with van der Waals surface area (Å²) in [5.41, 5.74) is 2.22. The molecule has 2 aromatic rings. The van der Waals surface area contributed by atoms with Crippen LogP contribution in [-0.2, 0) is 14.3 Å². The molecule has 2 aliphatic heterocycles. The van der Waals surface area contributed by atoms with Gasteiger partial charge in [-0.15, -0.1) is 0 Å². The Kier molecular flexibility index (Phi) is 5.78. The second kappa shape index (κ2) is 8.64. The first kappa shape index (κ1) is 20.1. The molecular weight excluding hydrogens is 402 g/mol. The average molecular weight is 423 g/mol. The molecule has 2 heterocycles. The van der Waals surface area contributed by atoms with Gasteiger partial charge in [-0.05, 0) is 42.6 Å². The third-order valence-electron chi connectivity index (χ3n) is 5.01. The maximum absolute atomic E-state index is 13.1. The second-order valence-electron chi connectivity index (χ2n) is 6.82. The predicted molar refractivity (Wildman–Crippen MR) is 119 cm³/mol. The van der Waals surface area contributed by atoms with Gasteiger partial charge in [0.2, 0.25) is 0 Å². The Morgan fingerprint density at radius 2 is 1.80 bits per heavy atom. The van der Waals surface area contributed by atoms with Gasteiger partial charge in [0.15, 0.2) is 5.11 Å². The van der Waals surface area contributed by atoms with Gasteiger partial charge >= 0.3 is 0 Å². The Bertz CT molecular complexity index is 1020. The highest BCUT2D eigenvalue weighted by molar-refractivity contribution is 7.80. The van der Waals surface area contributed by atoms with Crippen molar-refractivity contribution in [3.05, 3.63) is 59.7 Å². The van der Waals surface area contributed by atoms with Crippen molar-refractivity contribution in [1.82, 2.24) is 5.32 Å². The lowest BCUT2D eigenvalue weighted by atomic mass is 10.1. The van der Waals surface area contributed by atoms with Crippen molar-refractivity contribution in [3.8, 4) is 5.75 Å². The molecule has 1 N–H and O–H groups in total. The van der Waals surface area contributed by atoms with E-state index >= 15 is 0 Å². The number of hydrogen-bond acceptors (Lipinski definition) is 6. The normalized spacial score (nSPS) is 18.6. The number of hydrogen-bond donors (Lipinski definition) is 1. The van der Waals surface area contributed by atoms with Gasteiger partial charge in [0.05, 0.1) is 26.0 Å². The summed E-state index contributed by atoms with van der Waals surface area (Å²) < 4.78 is 10.9. The molecule has 0 aromatic heterocycles. The maximum atomic E-state index is 13.1. The first-order valence-electron chi connectivity index (χ1n) is 9.56. The molecule has 7 nitrogen and oxygen atoms in total. The lowest BCUT2D eigenvalue weighted by Crippen LogP contribution is -2.54. The third-order valence-corrected chi connectivity index (χ3v) is 5.29. The van der Waals surface area contributed by atoms with Crippen molar-refractivity contribution >= 4 is 46.6 Å².